The highest BCUT2D eigenvalue weighted by molar-refractivity contribution is 8.13. The first kappa shape index (κ1) is 16.9. The molecule has 0 fully saturated rings. The van der Waals surface area contributed by atoms with Gasteiger partial charge in [0.1, 0.15) is 5.04 Å². The van der Waals surface area contributed by atoms with Crippen LogP contribution in [0, 0.1) is 0 Å². The Hall–Kier alpha value is -2.44. The van der Waals surface area contributed by atoms with Crippen molar-refractivity contribution in [2.45, 2.75) is 0 Å². The summed E-state index contributed by atoms with van der Waals surface area (Å²) in [4.78, 5) is 0. The second-order valence-corrected chi connectivity index (χ2v) is 5.24. The van der Waals surface area contributed by atoms with E-state index < -0.39 is 0 Å². The molecule has 0 aliphatic rings. The van der Waals surface area contributed by atoms with Gasteiger partial charge in [-0.05, 0) is 25.4 Å². The number of benzene rings is 2. The van der Waals surface area contributed by atoms with Crippen LogP contribution in [0.3, 0.4) is 0 Å². The Morgan fingerprint density at radius 2 is 1.91 bits per heavy atom. The maximum Gasteiger partial charge on any atom is 0.126 e. The Kier molecular flexibility index (Phi) is 6.08. The fourth-order valence-corrected chi connectivity index (χ4v) is 2.75. The number of rotatable bonds is 3. The van der Waals surface area contributed by atoms with Crippen molar-refractivity contribution in [2.75, 3.05) is 13.3 Å². The molecule has 0 bridgehead atoms. The molecule has 6 heteroatoms. The van der Waals surface area contributed by atoms with Gasteiger partial charge in [-0.15, -0.1) is 16.9 Å². The van der Waals surface area contributed by atoms with E-state index in [4.69, 9.17) is 0 Å². The molecule has 0 radical (unpaired) electrons. The average molecular weight is 325 g/mol. The molecule has 0 saturated heterocycles. The Morgan fingerprint density at radius 3 is 2.57 bits per heavy atom. The fraction of sp³-hybridized carbons (Fsp3) is 0.118. The number of hydrogen-bond acceptors (Lipinski definition) is 5. The molecule has 0 spiro atoms. The summed E-state index contributed by atoms with van der Waals surface area (Å²) in [5, 5.41) is 17.1. The molecule has 3 N–H and O–H groups in total. The van der Waals surface area contributed by atoms with Gasteiger partial charge < -0.3 is 5.73 Å². The van der Waals surface area contributed by atoms with Crippen molar-refractivity contribution in [3.63, 3.8) is 0 Å². The first-order valence-electron chi connectivity index (χ1n) is 7.03. The monoisotopic (exact) mass is 325 g/mol. The van der Waals surface area contributed by atoms with E-state index in [1.807, 2.05) is 36.6 Å². The molecule has 118 valence electrons. The number of thioether (sulfide) groups is 1. The smallest absolute Gasteiger partial charge is 0.126 e. The second kappa shape index (κ2) is 8.26. The van der Waals surface area contributed by atoms with Crippen molar-refractivity contribution in [1.82, 2.24) is 10.2 Å². The molecule has 0 unspecified atom stereocenters. The summed E-state index contributed by atoms with van der Waals surface area (Å²) < 4.78 is 0. The normalized spacial score (nSPS) is 11.0. The minimum absolute atomic E-state index is 0.840. The topological polar surface area (TPSA) is 79.4 Å². The number of H-pyrrole nitrogens is 1. The number of aromatic nitrogens is 2. The number of aromatic amines is 1. The first-order chi connectivity index (χ1) is 11.3. The van der Waals surface area contributed by atoms with E-state index in [0.29, 0.717) is 0 Å². The highest BCUT2D eigenvalue weighted by Crippen LogP contribution is 2.27. The predicted molar refractivity (Wildman–Crippen MR) is 101 cm³/mol. The standard InChI is InChI=1S/C16H14N4S.CH5N/c1-17-20-16(21-2)12-8-9-14-13(10-12)15(19-18-14)11-6-4-3-5-7-11;1-2/h3-10H,1H2,2H3,(H,18,19);2H2,1H3/b20-16-;. The molecule has 2 aromatic carbocycles. The van der Waals surface area contributed by atoms with Crippen molar-refractivity contribution in [2.24, 2.45) is 15.9 Å². The van der Waals surface area contributed by atoms with Gasteiger partial charge in [0.25, 0.3) is 0 Å². The average Bonchev–Trinajstić information content (AvgIpc) is 3.05. The molecule has 0 saturated carbocycles. The third kappa shape index (κ3) is 3.67. The summed E-state index contributed by atoms with van der Waals surface area (Å²) in [7, 11) is 1.50. The van der Waals surface area contributed by atoms with Crippen molar-refractivity contribution in [3.8, 4) is 11.3 Å². The lowest BCUT2D eigenvalue weighted by molar-refractivity contribution is 1.12. The van der Waals surface area contributed by atoms with Crippen molar-refractivity contribution in [3.05, 3.63) is 54.1 Å². The van der Waals surface area contributed by atoms with Gasteiger partial charge >= 0.3 is 0 Å². The van der Waals surface area contributed by atoms with Gasteiger partial charge in [0, 0.05) is 23.2 Å². The number of nitrogens with zero attached hydrogens (tertiary/aromatic N) is 3. The number of nitrogens with one attached hydrogen (secondary N) is 1. The van der Waals surface area contributed by atoms with Crippen LogP contribution >= 0.6 is 11.8 Å². The SMILES string of the molecule is C=N/N=C(\SC)c1ccc2[nH]nc(-c3ccccc3)c2c1.CN. The minimum Gasteiger partial charge on any atom is -0.333 e. The summed E-state index contributed by atoms with van der Waals surface area (Å²) in [6.45, 7) is 3.42. The summed E-state index contributed by atoms with van der Waals surface area (Å²) >= 11 is 1.55. The molecule has 0 amide bonds. The zero-order valence-electron chi connectivity index (χ0n) is 13.2. The van der Waals surface area contributed by atoms with Gasteiger partial charge in [0.2, 0.25) is 0 Å². The van der Waals surface area contributed by atoms with Crippen LogP contribution in [0.15, 0.2) is 58.7 Å². The Morgan fingerprint density at radius 1 is 1.17 bits per heavy atom. The predicted octanol–water partition coefficient (Wildman–Crippen LogP) is 3.53. The van der Waals surface area contributed by atoms with E-state index >= 15 is 0 Å². The van der Waals surface area contributed by atoms with Crippen LogP contribution < -0.4 is 5.73 Å². The first-order valence-corrected chi connectivity index (χ1v) is 8.25. The van der Waals surface area contributed by atoms with Crippen molar-refractivity contribution >= 4 is 34.4 Å². The third-order valence-electron chi connectivity index (χ3n) is 3.21. The molecule has 3 rings (SSSR count). The highest BCUT2D eigenvalue weighted by atomic mass is 32.2. The number of fused-ring (bicyclic) bond motifs is 1. The minimum atomic E-state index is 0.840. The van der Waals surface area contributed by atoms with Crippen LogP contribution in [0.5, 0.6) is 0 Å². The highest BCUT2D eigenvalue weighted by Gasteiger charge is 2.10. The summed E-state index contributed by atoms with van der Waals surface area (Å²) in [6, 6.07) is 16.2. The molecule has 23 heavy (non-hydrogen) atoms. The Balaban J connectivity index is 0.000000924. The molecular formula is C17H19N5S. The summed E-state index contributed by atoms with van der Waals surface area (Å²) in [5.74, 6) is 0. The number of nitrogens with two attached hydrogens (primary N) is 1. The van der Waals surface area contributed by atoms with Gasteiger partial charge in [-0.3, -0.25) is 5.10 Å². The fourth-order valence-electron chi connectivity index (χ4n) is 2.24. The van der Waals surface area contributed by atoms with Gasteiger partial charge in [-0.2, -0.15) is 10.2 Å². The van der Waals surface area contributed by atoms with Crippen molar-refractivity contribution < 1.29 is 0 Å². The quantitative estimate of drug-likeness (QED) is 0.439. The van der Waals surface area contributed by atoms with Crippen LogP contribution in [0.1, 0.15) is 5.56 Å². The van der Waals surface area contributed by atoms with Gasteiger partial charge in [-0.25, -0.2) is 0 Å². The van der Waals surface area contributed by atoms with Crippen LogP contribution in [-0.2, 0) is 0 Å². The molecule has 0 aliphatic heterocycles. The summed E-state index contributed by atoms with van der Waals surface area (Å²) in [6.07, 6.45) is 1.97. The third-order valence-corrected chi connectivity index (χ3v) is 3.92. The van der Waals surface area contributed by atoms with Crippen LogP contribution in [0.4, 0.5) is 0 Å². The molecule has 1 heterocycles. The lowest BCUT2D eigenvalue weighted by atomic mass is 10.1. The number of hydrogen-bond donors (Lipinski definition) is 2. The Labute approximate surface area is 139 Å². The Bertz CT molecular complexity index is 808. The van der Waals surface area contributed by atoms with E-state index in [1.54, 1.807) is 11.8 Å². The zero-order chi connectivity index (χ0) is 16.7. The second-order valence-electron chi connectivity index (χ2n) is 4.45. The molecule has 5 nitrogen and oxygen atoms in total. The van der Waals surface area contributed by atoms with Crippen molar-refractivity contribution in [1.29, 1.82) is 0 Å². The van der Waals surface area contributed by atoms with Gasteiger partial charge in [0.05, 0.1) is 11.2 Å². The van der Waals surface area contributed by atoms with E-state index in [9.17, 15) is 0 Å². The van der Waals surface area contributed by atoms with Crippen LogP contribution in [-0.4, -0.2) is 35.3 Å². The molecule has 0 aliphatic carbocycles. The van der Waals surface area contributed by atoms with Gasteiger partial charge in [0.15, 0.2) is 0 Å². The van der Waals surface area contributed by atoms with E-state index in [0.717, 1.165) is 32.8 Å². The molecule has 1 aromatic heterocycles. The van der Waals surface area contributed by atoms with Crippen LogP contribution in [0.2, 0.25) is 0 Å². The maximum atomic E-state index is 4.50. The molecule has 3 aromatic rings. The zero-order valence-corrected chi connectivity index (χ0v) is 14.0. The van der Waals surface area contributed by atoms with E-state index in [-0.39, 0.29) is 0 Å². The lowest BCUT2D eigenvalue weighted by Crippen LogP contribution is -1.93. The molecule has 0 atom stereocenters. The summed E-state index contributed by atoms with van der Waals surface area (Å²) in [5.41, 5.74) is 8.55. The lowest BCUT2D eigenvalue weighted by Gasteiger charge is -2.03. The maximum absolute atomic E-state index is 4.50. The van der Waals surface area contributed by atoms with Gasteiger partial charge in [-0.1, -0.05) is 36.4 Å². The largest absolute Gasteiger partial charge is 0.333 e. The molecular weight excluding hydrogens is 306 g/mol. The van der Waals surface area contributed by atoms with Crippen LogP contribution in [0.25, 0.3) is 22.2 Å². The van der Waals surface area contributed by atoms with E-state index in [2.05, 4.69) is 51.1 Å². The van der Waals surface area contributed by atoms with E-state index in [1.165, 1.54) is 7.05 Å².